The summed E-state index contributed by atoms with van der Waals surface area (Å²) < 4.78 is 28.3. The van der Waals surface area contributed by atoms with Crippen LogP contribution in [0.1, 0.15) is 20.8 Å². The largest absolute Gasteiger partial charge is 0.495 e. The number of sulfone groups is 1. The molecule has 0 bridgehead atoms. The number of rotatable bonds is 5. The molecule has 0 unspecified atom stereocenters. The van der Waals surface area contributed by atoms with E-state index in [0.717, 1.165) is 5.69 Å². The lowest BCUT2D eigenvalue weighted by Gasteiger charge is -2.19. The number of benzene rings is 1. The van der Waals surface area contributed by atoms with Crippen LogP contribution in [0.2, 0.25) is 0 Å². The predicted molar refractivity (Wildman–Crippen MR) is 75.0 cm³/mol. The molecule has 0 heterocycles. The third-order valence-electron chi connectivity index (χ3n) is 2.73. The zero-order valence-corrected chi connectivity index (χ0v) is 12.2. The maximum atomic E-state index is 11.9. The van der Waals surface area contributed by atoms with Crippen LogP contribution < -0.4 is 10.1 Å². The minimum Gasteiger partial charge on any atom is -0.495 e. The van der Waals surface area contributed by atoms with Gasteiger partial charge in [0, 0.05) is 6.54 Å². The number of anilines is 1. The first kappa shape index (κ1) is 14.8. The first-order valence-electron chi connectivity index (χ1n) is 5.87. The highest BCUT2D eigenvalue weighted by Gasteiger charge is 2.28. The summed E-state index contributed by atoms with van der Waals surface area (Å²) >= 11 is 0. The second-order valence-corrected chi connectivity index (χ2v) is 7.92. The summed E-state index contributed by atoms with van der Waals surface area (Å²) in [7, 11) is -1.50. The fourth-order valence-electron chi connectivity index (χ4n) is 1.42. The molecule has 5 heteroatoms. The molecule has 0 amide bonds. The first-order chi connectivity index (χ1) is 8.28. The third-order valence-corrected chi connectivity index (χ3v) is 5.33. The number of nitrogens with one attached hydrogen (secondary N) is 1. The number of para-hydroxylation sites is 2. The molecule has 0 aliphatic heterocycles. The van der Waals surface area contributed by atoms with Crippen molar-refractivity contribution in [2.45, 2.75) is 25.5 Å². The lowest BCUT2D eigenvalue weighted by molar-refractivity contribution is 0.416. The third kappa shape index (κ3) is 3.63. The quantitative estimate of drug-likeness (QED) is 0.893. The topological polar surface area (TPSA) is 55.4 Å². The number of methoxy groups -OCH3 is 1. The molecule has 0 fully saturated rings. The van der Waals surface area contributed by atoms with Crippen LogP contribution in [0.3, 0.4) is 0 Å². The lowest BCUT2D eigenvalue weighted by atomic mass is 10.3. The Labute approximate surface area is 109 Å². The second kappa shape index (κ2) is 5.61. The van der Waals surface area contributed by atoms with Gasteiger partial charge in [-0.3, -0.25) is 0 Å². The van der Waals surface area contributed by atoms with E-state index in [2.05, 4.69) is 5.32 Å². The van der Waals surface area contributed by atoms with Gasteiger partial charge in [0.2, 0.25) is 0 Å². The van der Waals surface area contributed by atoms with E-state index in [1.165, 1.54) is 0 Å². The van der Waals surface area contributed by atoms with Crippen molar-refractivity contribution in [1.29, 1.82) is 0 Å². The van der Waals surface area contributed by atoms with Gasteiger partial charge >= 0.3 is 0 Å². The monoisotopic (exact) mass is 271 g/mol. The fraction of sp³-hybridized carbons (Fsp3) is 0.538. The van der Waals surface area contributed by atoms with Crippen LogP contribution in [0.5, 0.6) is 5.75 Å². The van der Waals surface area contributed by atoms with Gasteiger partial charge in [-0.25, -0.2) is 8.42 Å². The summed E-state index contributed by atoms with van der Waals surface area (Å²) in [6.45, 7) is 5.52. The summed E-state index contributed by atoms with van der Waals surface area (Å²) in [4.78, 5) is 0. The number of hydrogen-bond acceptors (Lipinski definition) is 4. The Bertz CT molecular complexity index is 489. The molecule has 1 rings (SSSR count). The lowest BCUT2D eigenvalue weighted by Crippen LogP contribution is -2.32. The molecule has 0 atom stereocenters. The van der Waals surface area contributed by atoms with Crippen LogP contribution in [0.25, 0.3) is 0 Å². The van der Waals surface area contributed by atoms with Gasteiger partial charge in [-0.15, -0.1) is 0 Å². The summed E-state index contributed by atoms with van der Waals surface area (Å²) in [5, 5.41) is 3.09. The number of ether oxygens (including phenoxy) is 1. The Hall–Kier alpha value is -1.23. The molecule has 102 valence electrons. The Morgan fingerprint density at radius 3 is 2.39 bits per heavy atom. The molecule has 0 saturated heterocycles. The zero-order valence-electron chi connectivity index (χ0n) is 11.4. The van der Waals surface area contributed by atoms with Crippen molar-refractivity contribution in [3.05, 3.63) is 24.3 Å². The van der Waals surface area contributed by atoms with Crippen LogP contribution in [0.4, 0.5) is 5.69 Å². The molecule has 0 aromatic heterocycles. The van der Waals surface area contributed by atoms with Crippen molar-refractivity contribution < 1.29 is 13.2 Å². The maximum absolute atomic E-state index is 11.9. The first-order valence-corrected chi connectivity index (χ1v) is 7.52. The summed E-state index contributed by atoms with van der Waals surface area (Å²) in [6.07, 6.45) is 0. The normalized spacial score (nSPS) is 12.2. The molecule has 1 N–H and O–H groups in total. The van der Waals surface area contributed by atoms with Crippen molar-refractivity contribution in [2.24, 2.45) is 0 Å². The summed E-state index contributed by atoms with van der Waals surface area (Å²) in [5.41, 5.74) is 0.809. The van der Waals surface area contributed by atoms with Crippen LogP contribution in [-0.2, 0) is 9.84 Å². The molecular formula is C13H21NO3S. The molecular weight excluding hydrogens is 250 g/mol. The van der Waals surface area contributed by atoms with Crippen LogP contribution >= 0.6 is 0 Å². The Kier molecular flexibility index (Phi) is 4.62. The smallest absolute Gasteiger partial charge is 0.156 e. The molecule has 18 heavy (non-hydrogen) atoms. The zero-order chi connectivity index (χ0) is 13.8. The SMILES string of the molecule is COc1ccccc1NCCS(=O)(=O)C(C)(C)C. The molecule has 4 nitrogen and oxygen atoms in total. The molecule has 0 spiro atoms. The average Bonchev–Trinajstić information content (AvgIpc) is 2.28. The van der Waals surface area contributed by atoms with Crippen LogP contribution in [-0.4, -0.2) is 32.6 Å². The molecule has 0 aliphatic carbocycles. The predicted octanol–water partition coefficient (Wildman–Crippen LogP) is 2.32. The van der Waals surface area contributed by atoms with E-state index in [9.17, 15) is 8.42 Å². The standard InChI is InChI=1S/C13H21NO3S/c1-13(2,3)18(15,16)10-9-14-11-7-5-6-8-12(11)17-4/h5-8,14H,9-10H2,1-4H3. The highest BCUT2D eigenvalue weighted by molar-refractivity contribution is 7.92. The van der Waals surface area contributed by atoms with Gasteiger partial charge in [0.25, 0.3) is 0 Å². The molecule has 0 aliphatic rings. The van der Waals surface area contributed by atoms with Gasteiger partial charge in [0.1, 0.15) is 5.75 Å². The fourth-order valence-corrected chi connectivity index (χ4v) is 2.40. The Morgan fingerprint density at radius 2 is 1.83 bits per heavy atom. The highest BCUT2D eigenvalue weighted by Crippen LogP contribution is 2.23. The van der Waals surface area contributed by atoms with Gasteiger partial charge in [0.15, 0.2) is 9.84 Å². The average molecular weight is 271 g/mol. The van der Waals surface area contributed by atoms with E-state index < -0.39 is 14.6 Å². The molecule has 0 saturated carbocycles. The summed E-state index contributed by atoms with van der Waals surface area (Å²) in [6, 6.07) is 7.45. The molecule has 0 radical (unpaired) electrons. The van der Waals surface area contributed by atoms with Gasteiger partial charge < -0.3 is 10.1 Å². The Morgan fingerprint density at radius 1 is 1.22 bits per heavy atom. The van der Waals surface area contributed by atoms with E-state index in [-0.39, 0.29) is 5.75 Å². The maximum Gasteiger partial charge on any atom is 0.156 e. The second-order valence-electron chi connectivity index (χ2n) is 5.06. The van der Waals surface area contributed by atoms with Gasteiger partial charge in [-0.1, -0.05) is 12.1 Å². The van der Waals surface area contributed by atoms with Crippen LogP contribution in [0.15, 0.2) is 24.3 Å². The highest BCUT2D eigenvalue weighted by atomic mass is 32.2. The van der Waals surface area contributed by atoms with E-state index in [1.54, 1.807) is 27.9 Å². The van der Waals surface area contributed by atoms with E-state index >= 15 is 0 Å². The minimum absolute atomic E-state index is 0.106. The van der Waals surface area contributed by atoms with E-state index in [0.29, 0.717) is 12.3 Å². The molecule has 1 aromatic rings. The van der Waals surface area contributed by atoms with Crippen LogP contribution in [0, 0.1) is 0 Å². The number of hydrogen-bond donors (Lipinski definition) is 1. The van der Waals surface area contributed by atoms with Crippen molar-refractivity contribution in [2.75, 3.05) is 24.7 Å². The van der Waals surface area contributed by atoms with E-state index in [4.69, 9.17) is 4.74 Å². The van der Waals surface area contributed by atoms with Crippen molar-refractivity contribution in [3.63, 3.8) is 0 Å². The van der Waals surface area contributed by atoms with Crippen molar-refractivity contribution in [1.82, 2.24) is 0 Å². The molecule has 1 aromatic carbocycles. The van der Waals surface area contributed by atoms with Crippen molar-refractivity contribution in [3.8, 4) is 5.75 Å². The minimum atomic E-state index is -3.09. The van der Waals surface area contributed by atoms with Gasteiger partial charge in [0.05, 0.1) is 23.3 Å². The summed E-state index contributed by atoms with van der Waals surface area (Å²) in [5.74, 6) is 0.819. The van der Waals surface area contributed by atoms with E-state index in [1.807, 2.05) is 24.3 Å². The Balaban J connectivity index is 2.63. The van der Waals surface area contributed by atoms with Crippen molar-refractivity contribution >= 4 is 15.5 Å². The van der Waals surface area contributed by atoms with Gasteiger partial charge in [-0.05, 0) is 32.9 Å². The van der Waals surface area contributed by atoms with Gasteiger partial charge in [-0.2, -0.15) is 0 Å².